The van der Waals surface area contributed by atoms with Gasteiger partial charge in [0.2, 0.25) is 0 Å². The molecule has 0 radical (unpaired) electrons. The number of carbonyl (C=O) groups excluding carboxylic acids is 1. The molecule has 1 aliphatic rings. The third-order valence-electron chi connectivity index (χ3n) is 3.36. The van der Waals surface area contributed by atoms with Gasteiger partial charge in [0.15, 0.2) is 0 Å². The third kappa shape index (κ3) is 3.50. The first-order valence-corrected chi connectivity index (χ1v) is 7.07. The number of hydrogen-bond acceptors (Lipinski definition) is 4. The summed E-state index contributed by atoms with van der Waals surface area (Å²) in [5, 5.41) is 9.11. The van der Waals surface area contributed by atoms with Crippen LogP contribution in [-0.4, -0.2) is 29.9 Å². The zero-order chi connectivity index (χ0) is 13.9. The SMILES string of the molecule is COC(=O)CC1(CSc2ccccc2C(=O)O)CC1. The number of carbonyl (C=O) groups is 2. The molecule has 1 aromatic carbocycles. The second kappa shape index (κ2) is 5.65. The van der Waals surface area contributed by atoms with E-state index >= 15 is 0 Å². The van der Waals surface area contributed by atoms with E-state index in [1.807, 2.05) is 12.1 Å². The van der Waals surface area contributed by atoms with Gasteiger partial charge in [-0.15, -0.1) is 11.8 Å². The van der Waals surface area contributed by atoms with Gasteiger partial charge in [0.05, 0.1) is 19.1 Å². The van der Waals surface area contributed by atoms with Gasteiger partial charge in [0, 0.05) is 10.6 Å². The Bertz CT molecular complexity index is 494. The number of benzene rings is 1. The van der Waals surface area contributed by atoms with Gasteiger partial charge in [-0.05, 0) is 30.4 Å². The summed E-state index contributed by atoms with van der Waals surface area (Å²) in [5.41, 5.74) is 0.324. The molecule has 1 aliphatic carbocycles. The maximum Gasteiger partial charge on any atom is 0.336 e. The molecule has 0 heterocycles. The minimum absolute atomic E-state index is 0.00335. The predicted molar refractivity (Wildman–Crippen MR) is 72.4 cm³/mol. The molecule has 2 rings (SSSR count). The van der Waals surface area contributed by atoms with E-state index in [1.165, 1.54) is 18.9 Å². The lowest BCUT2D eigenvalue weighted by molar-refractivity contribution is -0.141. The first-order valence-electron chi connectivity index (χ1n) is 6.08. The number of aromatic carboxylic acids is 1. The summed E-state index contributed by atoms with van der Waals surface area (Å²) < 4.78 is 4.70. The van der Waals surface area contributed by atoms with Gasteiger partial charge in [-0.1, -0.05) is 12.1 Å². The van der Waals surface area contributed by atoms with E-state index in [2.05, 4.69) is 0 Å². The highest BCUT2D eigenvalue weighted by molar-refractivity contribution is 7.99. The first-order chi connectivity index (χ1) is 9.06. The van der Waals surface area contributed by atoms with Gasteiger partial charge >= 0.3 is 11.9 Å². The van der Waals surface area contributed by atoms with Crippen molar-refractivity contribution >= 4 is 23.7 Å². The van der Waals surface area contributed by atoms with Crippen molar-refractivity contribution in [1.29, 1.82) is 0 Å². The zero-order valence-electron chi connectivity index (χ0n) is 10.7. The summed E-state index contributed by atoms with van der Waals surface area (Å²) in [6, 6.07) is 6.95. The normalized spacial score (nSPS) is 15.8. The molecule has 0 bridgehead atoms. The van der Waals surface area contributed by atoms with Crippen LogP contribution in [0.15, 0.2) is 29.2 Å². The van der Waals surface area contributed by atoms with Crippen molar-refractivity contribution in [3.63, 3.8) is 0 Å². The Morgan fingerprint density at radius 1 is 1.37 bits per heavy atom. The van der Waals surface area contributed by atoms with E-state index in [4.69, 9.17) is 9.84 Å². The summed E-state index contributed by atoms with van der Waals surface area (Å²) >= 11 is 1.51. The van der Waals surface area contributed by atoms with Crippen LogP contribution >= 0.6 is 11.8 Å². The molecule has 0 spiro atoms. The van der Waals surface area contributed by atoms with E-state index in [-0.39, 0.29) is 11.4 Å². The topological polar surface area (TPSA) is 63.6 Å². The summed E-state index contributed by atoms with van der Waals surface area (Å²) in [6.07, 6.45) is 2.43. The van der Waals surface area contributed by atoms with Gasteiger partial charge in [-0.2, -0.15) is 0 Å². The summed E-state index contributed by atoms with van der Waals surface area (Å²) in [4.78, 5) is 23.2. The molecule has 0 amide bonds. The lowest BCUT2D eigenvalue weighted by atomic mass is 10.1. The first kappa shape index (κ1) is 13.9. The summed E-state index contributed by atoms with van der Waals surface area (Å²) in [7, 11) is 1.39. The maximum atomic E-state index is 11.3. The Kier molecular flexibility index (Phi) is 4.14. The number of carboxylic acid groups (broad SMARTS) is 1. The Morgan fingerprint density at radius 3 is 2.63 bits per heavy atom. The number of rotatable bonds is 6. The molecule has 5 heteroatoms. The highest BCUT2D eigenvalue weighted by Crippen LogP contribution is 2.52. The molecule has 0 atom stereocenters. The van der Waals surface area contributed by atoms with Gasteiger partial charge in [0.1, 0.15) is 0 Å². The van der Waals surface area contributed by atoms with Crippen LogP contribution in [0.3, 0.4) is 0 Å². The molecule has 0 saturated heterocycles. The quantitative estimate of drug-likeness (QED) is 0.641. The molecule has 0 unspecified atom stereocenters. The van der Waals surface area contributed by atoms with E-state index in [0.717, 1.165) is 23.5 Å². The fourth-order valence-corrected chi connectivity index (χ4v) is 3.27. The van der Waals surface area contributed by atoms with Crippen molar-refractivity contribution in [2.75, 3.05) is 12.9 Å². The average molecular weight is 280 g/mol. The number of ether oxygens (including phenoxy) is 1. The molecule has 4 nitrogen and oxygen atoms in total. The van der Waals surface area contributed by atoms with Crippen LogP contribution in [0.1, 0.15) is 29.6 Å². The smallest absolute Gasteiger partial charge is 0.336 e. The van der Waals surface area contributed by atoms with Crippen molar-refractivity contribution < 1.29 is 19.4 Å². The van der Waals surface area contributed by atoms with E-state index < -0.39 is 5.97 Å². The zero-order valence-corrected chi connectivity index (χ0v) is 11.5. The summed E-state index contributed by atoms with van der Waals surface area (Å²) in [5.74, 6) is -0.350. The second-order valence-corrected chi connectivity index (χ2v) is 5.86. The second-order valence-electron chi connectivity index (χ2n) is 4.84. The number of methoxy groups -OCH3 is 1. The van der Waals surface area contributed by atoms with Gasteiger partial charge < -0.3 is 9.84 Å². The van der Waals surface area contributed by atoms with Crippen molar-refractivity contribution in [2.45, 2.75) is 24.2 Å². The molecule has 1 aromatic rings. The van der Waals surface area contributed by atoms with E-state index in [1.54, 1.807) is 12.1 Å². The lowest BCUT2D eigenvalue weighted by Gasteiger charge is -2.13. The fraction of sp³-hybridized carbons (Fsp3) is 0.429. The van der Waals surface area contributed by atoms with Crippen molar-refractivity contribution in [2.24, 2.45) is 5.41 Å². The number of hydrogen-bond donors (Lipinski definition) is 1. The molecule has 19 heavy (non-hydrogen) atoms. The van der Waals surface area contributed by atoms with Gasteiger partial charge in [-0.3, -0.25) is 4.79 Å². The molecular weight excluding hydrogens is 264 g/mol. The van der Waals surface area contributed by atoms with Crippen LogP contribution in [0, 0.1) is 5.41 Å². The maximum absolute atomic E-state index is 11.3. The Morgan fingerprint density at radius 2 is 2.05 bits per heavy atom. The number of carboxylic acids is 1. The fourth-order valence-electron chi connectivity index (χ4n) is 1.93. The van der Waals surface area contributed by atoms with Gasteiger partial charge in [-0.25, -0.2) is 4.79 Å². The van der Waals surface area contributed by atoms with Crippen LogP contribution in [0.25, 0.3) is 0 Å². The minimum atomic E-state index is -0.916. The highest BCUT2D eigenvalue weighted by Gasteiger charge is 2.44. The molecule has 0 aromatic heterocycles. The Hall–Kier alpha value is -1.49. The molecule has 1 N–H and O–H groups in total. The monoisotopic (exact) mass is 280 g/mol. The molecular formula is C14H16O4S. The minimum Gasteiger partial charge on any atom is -0.478 e. The van der Waals surface area contributed by atoms with Crippen LogP contribution in [-0.2, 0) is 9.53 Å². The lowest BCUT2D eigenvalue weighted by Crippen LogP contribution is -2.13. The molecule has 1 fully saturated rings. The molecule has 0 aliphatic heterocycles. The van der Waals surface area contributed by atoms with Crippen LogP contribution < -0.4 is 0 Å². The number of esters is 1. The highest BCUT2D eigenvalue weighted by atomic mass is 32.2. The van der Waals surface area contributed by atoms with Crippen LogP contribution in [0.5, 0.6) is 0 Å². The van der Waals surface area contributed by atoms with Crippen molar-refractivity contribution in [3.8, 4) is 0 Å². The third-order valence-corrected chi connectivity index (χ3v) is 4.78. The van der Waals surface area contributed by atoms with E-state index in [9.17, 15) is 9.59 Å². The van der Waals surface area contributed by atoms with Gasteiger partial charge in [0.25, 0.3) is 0 Å². The largest absolute Gasteiger partial charge is 0.478 e. The van der Waals surface area contributed by atoms with Crippen LogP contribution in [0.2, 0.25) is 0 Å². The van der Waals surface area contributed by atoms with Crippen LogP contribution in [0.4, 0.5) is 0 Å². The number of thioether (sulfide) groups is 1. The molecule has 102 valence electrons. The standard InChI is InChI=1S/C14H16O4S/c1-18-12(15)8-14(6-7-14)9-19-11-5-3-2-4-10(11)13(16)17/h2-5H,6-9H2,1H3,(H,16,17). The summed E-state index contributed by atoms with van der Waals surface area (Å²) in [6.45, 7) is 0. The predicted octanol–water partition coefficient (Wildman–Crippen LogP) is 2.82. The Labute approximate surface area is 116 Å². The average Bonchev–Trinajstić information content (AvgIpc) is 3.16. The van der Waals surface area contributed by atoms with Crippen molar-refractivity contribution in [3.05, 3.63) is 29.8 Å². The molecule has 1 saturated carbocycles. The van der Waals surface area contributed by atoms with Crippen molar-refractivity contribution in [1.82, 2.24) is 0 Å². The van der Waals surface area contributed by atoms with E-state index in [0.29, 0.717) is 12.0 Å². The Balaban J connectivity index is 1.99.